The number of nitrogens with two attached hydrogens (primary N) is 1. The molecule has 2 fully saturated rings. The lowest BCUT2D eigenvalue weighted by molar-refractivity contribution is 0.292. The van der Waals surface area contributed by atoms with Crippen molar-refractivity contribution < 1.29 is 4.74 Å². The number of rotatable bonds is 2. The Morgan fingerprint density at radius 2 is 2.12 bits per heavy atom. The lowest BCUT2D eigenvalue weighted by Gasteiger charge is -2.33. The van der Waals surface area contributed by atoms with Crippen LogP contribution in [0, 0.1) is 0 Å². The summed E-state index contributed by atoms with van der Waals surface area (Å²) in [7, 11) is 3.88. The van der Waals surface area contributed by atoms with Crippen LogP contribution < -0.4 is 15.4 Å². The Morgan fingerprint density at radius 1 is 1.29 bits per heavy atom. The van der Waals surface area contributed by atoms with Crippen molar-refractivity contribution in [2.24, 2.45) is 0 Å². The summed E-state index contributed by atoms with van der Waals surface area (Å²) in [6.45, 7) is 2.28. The lowest BCUT2D eigenvalue weighted by atomic mass is 10.2. The molecule has 17 heavy (non-hydrogen) atoms. The molecule has 3 rings (SSSR count). The van der Waals surface area contributed by atoms with Crippen LogP contribution in [0.4, 0.5) is 11.4 Å². The largest absolute Gasteiger partial charge is 0.495 e. The van der Waals surface area contributed by atoms with Gasteiger partial charge in [0.2, 0.25) is 0 Å². The number of likely N-dealkylation sites (N-methyl/N-ethyl adjacent to an activating group) is 1. The minimum absolute atomic E-state index is 0.651. The third-order valence-corrected chi connectivity index (χ3v) is 4.06. The fourth-order valence-electron chi connectivity index (χ4n) is 3.06. The molecule has 0 radical (unpaired) electrons. The van der Waals surface area contributed by atoms with Crippen molar-refractivity contribution in [3.05, 3.63) is 18.2 Å². The highest BCUT2D eigenvalue weighted by molar-refractivity contribution is 5.63. The molecule has 2 aliphatic heterocycles. The van der Waals surface area contributed by atoms with E-state index in [-0.39, 0.29) is 0 Å². The second kappa shape index (κ2) is 3.81. The molecule has 0 aromatic heterocycles. The van der Waals surface area contributed by atoms with Gasteiger partial charge in [0.1, 0.15) is 5.75 Å². The topological polar surface area (TPSA) is 41.7 Å². The Bertz CT molecular complexity index is 433. The molecule has 1 aromatic rings. The van der Waals surface area contributed by atoms with Crippen molar-refractivity contribution in [3.8, 4) is 5.75 Å². The van der Waals surface area contributed by atoms with E-state index in [0.29, 0.717) is 17.8 Å². The molecule has 1 aromatic carbocycles. The van der Waals surface area contributed by atoms with Gasteiger partial charge < -0.3 is 15.4 Å². The molecule has 2 atom stereocenters. The molecule has 0 amide bonds. The smallest absolute Gasteiger partial charge is 0.143 e. The number of likely N-dealkylation sites (tertiary alicyclic amines) is 1. The first-order chi connectivity index (χ1) is 8.19. The second-order valence-electron chi connectivity index (χ2n) is 5.06. The maximum Gasteiger partial charge on any atom is 0.143 e. The normalized spacial score (nSPS) is 27.8. The third-order valence-electron chi connectivity index (χ3n) is 4.06. The fourth-order valence-corrected chi connectivity index (χ4v) is 3.06. The van der Waals surface area contributed by atoms with Gasteiger partial charge in [0.25, 0.3) is 0 Å². The van der Waals surface area contributed by atoms with Gasteiger partial charge in [-0.05, 0) is 25.6 Å². The van der Waals surface area contributed by atoms with E-state index in [0.717, 1.165) is 18.8 Å². The van der Waals surface area contributed by atoms with Crippen LogP contribution in [0.25, 0.3) is 0 Å². The zero-order valence-electron chi connectivity index (χ0n) is 10.4. The predicted octanol–water partition coefficient (Wildman–Crippen LogP) is 1.17. The molecule has 0 spiro atoms. The van der Waals surface area contributed by atoms with Crippen molar-refractivity contribution in [2.75, 3.05) is 37.9 Å². The van der Waals surface area contributed by atoms with Gasteiger partial charge in [-0.15, -0.1) is 0 Å². The Hall–Kier alpha value is -1.42. The summed E-state index contributed by atoms with van der Waals surface area (Å²) < 4.78 is 5.28. The molecule has 0 aliphatic carbocycles. The molecular formula is C13H19N3O. The van der Waals surface area contributed by atoms with E-state index in [1.54, 1.807) is 7.11 Å². The number of hydrogen-bond donors (Lipinski definition) is 1. The van der Waals surface area contributed by atoms with Crippen LogP contribution in [-0.2, 0) is 0 Å². The number of piperazine rings is 1. The number of nitrogens with zero attached hydrogens (tertiary/aromatic N) is 2. The summed E-state index contributed by atoms with van der Waals surface area (Å²) in [6.07, 6.45) is 1.28. The number of benzene rings is 1. The number of anilines is 2. The summed E-state index contributed by atoms with van der Waals surface area (Å²) in [5.41, 5.74) is 7.78. The first kappa shape index (κ1) is 10.7. The monoisotopic (exact) mass is 233 g/mol. The molecule has 2 bridgehead atoms. The summed E-state index contributed by atoms with van der Waals surface area (Å²) in [6, 6.07) is 7.44. The predicted molar refractivity (Wildman–Crippen MR) is 69.6 cm³/mol. The molecule has 2 N–H and O–H groups in total. The quantitative estimate of drug-likeness (QED) is 0.779. The Kier molecular flexibility index (Phi) is 2.40. The van der Waals surface area contributed by atoms with Crippen LogP contribution in [0.2, 0.25) is 0 Å². The van der Waals surface area contributed by atoms with Gasteiger partial charge in [0.15, 0.2) is 0 Å². The Balaban J connectivity index is 1.86. The number of fused-ring (bicyclic) bond motifs is 2. The van der Waals surface area contributed by atoms with Crippen LogP contribution in [0.15, 0.2) is 18.2 Å². The number of hydrogen-bond acceptors (Lipinski definition) is 4. The summed E-state index contributed by atoms with van der Waals surface area (Å²) in [5.74, 6) is 0.777. The highest BCUT2D eigenvalue weighted by Gasteiger charge is 2.41. The van der Waals surface area contributed by atoms with Gasteiger partial charge in [-0.25, -0.2) is 0 Å². The molecule has 4 nitrogen and oxygen atoms in total. The molecule has 92 valence electrons. The zero-order chi connectivity index (χ0) is 12.0. The molecule has 4 heteroatoms. The average molecular weight is 233 g/mol. The molecule has 2 saturated heterocycles. The van der Waals surface area contributed by atoms with Crippen LogP contribution in [0.1, 0.15) is 6.42 Å². The molecule has 0 saturated carbocycles. The molecular weight excluding hydrogens is 214 g/mol. The highest BCUT2D eigenvalue weighted by atomic mass is 16.5. The van der Waals surface area contributed by atoms with E-state index in [1.165, 1.54) is 12.1 Å². The summed E-state index contributed by atoms with van der Waals surface area (Å²) in [4.78, 5) is 4.93. The van der Waals surface area contributed by atoms with E-state index in [9.17, 15) is 0 Å². The average Bonchev–Trinajstić information content (AvgIpc) is 2.88. The molecule has 0 unspecified atom stereocenters. The van der Waals surface area contributed by atoms with E-state index >= 15 is 0 Å². The molecule has 2 heterocycles. The zero-order valence-corrected chi connectivity index (χ0v) is 10.4. The highest BCUT2D eigenvalue weighted by Crippen LogP contribution is 2.36. The van der Waals surface area contributed by atoms with Crippen LogP contribution >= 0.6 is 0 Å². The minimum atomic E-state index is 0.651. The van der Waals surface area contributed by atoms with Crippen molar-refractivity contribution in [1.29, 1.82) is 0 Å². The van der Waals surface area contributed by atoms with Gasteiger partial charge in [-0.2, -0.15) is 0 Å². The van der Waals surface area contributed by atoms with Crippen molar-refractivity contribution in [3.63, 3.8) is 0 Å². The van der Waals surface area contributed by atoms with Gasteiger partial charge in [-0.1, -0.05) is 0 Å². The number of nitrogen functional groups attached to an aromatic ring is 1. The fraction of sp³-hybridized carbons (Fsp3) is 0.538. The van der Waals surface area contributed by atoms with Gasteiger partial charge in [0, 0.05) is 36.9 Å². The second-order valence-corrected chi connectivity index (χ2v) is 5.06. The Labute approximate surface area is 102 Å². The molecule has 2 aliphatic rings. The van der Waals surface area contributed by atoms with Crippen molar-refractivity contribution in [1.82, 2.24) is 4.90 Å². The maximum atomic E-state index is 5.84. The van der Waals surface area contributed by atoms with Gasteiger partial charge in [-0.3, -0.25) is 4.90 Å². The standard InChI is InChI=1S/C13H19N3O/c1-15-7-11-5-10(15)8-16(11)9-3-4-12(14)13(6-9)17-2/h3-4,6,10-11H,5,7-8,14H2,1-2H3/t10-,11-/m0/s1. The van der Waals surface area contributed by atoms with Gasteiger partial charge in [0.05, 0.1) is 12.8 Å². The SMILES string of the molecule is COc1cc(N2C[C@@H]3C[C@H]2CN3C)ccc1N. The lowest BCUT2D eigenvalue weighted by Crippen LogP contribution is -2.44. The van der Waals surface area contributed by atoms with Crippen LogP contribution in [0.3, 0.4) is 0 Å². The summed E-state index contributed by atoms with van der Waals surface area (Å²) >= 11 is 0. The maximum absolute atomic E-state index is 5.84. The van der Waals surface area contributed by atoms with Gasteiger partial charge >= 0.3 is 0 Å². The summed E-state index contributed by atoms with van der Waals surface area (Å²) in [5, 5.41) is 0. The minimum Gasteiger partial charge on any atom is -0.495 e. The first-order valence-electron chi connectivity index (χ1n) is 6.09. The van der Waals surface area contributed by atoms with Crippen LogP contribution in [-0.4, -0.2) is 44.2 Å². The van der Waals surface area contributed by atoms with Crippen LogP contribution in [0.5, 0.6) is 5.75 Å². The van der Waals surface area contributed by atoms with Crippen molar-refractivity contribution >= 4 is 11.4 Å². The van der Waals surface area contributed by atoms with E-state index in [2.05, 4.69) is 29.0 Å². The number of methoxy groups -OCH3 is 1. The Morgan fingerprint density at radius 3 is 2.71 bits per heavy atom. The third kappa shape index (κ3) is 1.63. The first-order valence-corrected chi connectivity index (χ1v) is 6.09. The van der Waals surface area contributed by atoms with Crippen molar-refractivity contribution in [2.45, 2.75) is 18.5 Å². The van der Waals surface area contributed by atoms with E-state index in [1.807, 2.05) is 6.07 Å². The van der Waals surface area contributed by atoms with E-state index < -0.39 is 0 Å². The van der Waals surface area contributed by atoms with E-state index in [4.69, 9.17) is 10.5 Å². The number of ether oxygens (including phenoxy) is 1.